The molecule has 2 saturated heterocycles. The van der Waals surface area contributed by atoms with E-state index in [0.717, 1.165) is 76.3 Å². The topological polar surface area (TPSA) is 50.7 Å². The van der Waals surface area contributed by atoms with Gasteiger partial charge in [0, 0.05) is 58.4 Å². The lowest BCUT2D eigenvalue weighted by molar-refractivity contribution is 0.144. The van der Waals surface area contributed by atoms with Gasteiger partial charge in [0.2, 0.25) is 0 Å². The summed E-state index contributed by atoms with van der Waals surface area (Å²) in [6.07, 6.45) is 1.07. The molecule has 22 heavy (non-hydrogen) atoms. The zero-order chi connectivity index (χ0) is 15.4. The number of hydrogen-bond donors (Lipinski definition) is 0. The van der Waals surface area contributed by atoms with Crippen molar-refractivity contribution in [2.75, 3.05) is 64.6 Å². The van der Waals surface area contributed by atoms with Gasteiger partial charge >= 0.3 is 0 Å². The fourth-order valence-electron chi connectivity index (χ4n) is 3.13. The van der Waals surface area contributed by atoms with Gasteiger partial charge < -0.3 is 14.4 Å². The summed E-state index contributed by atoms with van der Waals surface area (Å²) in [6.45, 7) is 9.60. The Bertz CT molecular complexity index is 483. The van der Waals surface area contributed by atoms with Crippen molar-refractivity contribution < 1.29 is 9.47 Å². The van der Waals surface area contributed by atoms with E-state index in [4.69, 9.17) is 9.47 Å². The number of aryl methyl sites for hydroxylation is 1. The normalized spacial score (nSPS) is 23.2. The third-order valence-electron chi connectivity index (χ3n) is 4.50. The molecule has 2 fully saturated rings. The number of rotatable bonds is 5. The number of anilines is 1. The maximum atomic E-state index is 5.50. The standard InChI is InChI=1S/C16H26N4O2/c1-13-17-15(14-3-9-22-12-14)11-16(18-13)20-6-4-19(5-7-20)8-10-21-2/h11,14H,3-10,12H2,1-2H3/t14-/m0/s1. The van der Waals surface area contributed by atoms with Gasteiger partial charge in [0.05, 0.1) is 18.9 Å². The molecule has 2 aliphatic heterocycles. The monoisotopic (exact) mass is 306 g/mol. The molecule has 2 aliphatic rings. The minimum absolute atomic E-state index is 0.434. The van der Waals surface area contributed by atoms with E-state index < -0.39 is 0 Å². The smallest absolute Gasteiger partial charge is 0.132 e. The zero-order valence-electron chi connectivity index (χ0n) is 13.6. The highest BCUT2D eigenvalue weighted by Gasteiger charge is 2.23. The van der Waals surface area contributed by atoms with Crippen LogP contribution in [-0.4, -0.2) is 74.5 Å². The Balaban J connectivity index is 1.65. The second kappa shape index (κ2) is 7.35. The lowest BCUT2D eigenvalue weighted by Crippen LogP contribution is -2.47. The van der Waals surface area contributed by atoms with Crippen LogP contribution in [0.25, 0.3) is 0 Å². The Morgan fingerprint density at radius 3 is 2.77 bits per heavy atom. The molecule has 1 aromatic rings. The van der Waals surface area contributed by atoms with Crippen LogP contribution in [0, 0.1) is 6.92 Å². The molecule has 0 radical (unpaired) electrons. The van der Waals surface area contributed by atoms with Crippen LogP contribution < -0.4 is 4.90 Å². The molecule has 0 aliphatic carbocycles. The Kier molecular flexibility index (Phi) is 5.23. The Labute approximate surface area is 132 Å². The molecule has 0 saturated carbocycles. The number of methoxy groups -OCH3 is 1. The molecule has 0 N–H and O–H groups in total. The molecular formula is C16H26N4O2. The maximum absolute atomic E-state index is 5.50. The van der Waals surface area contributed by atoms with Crippen molar-refractivity contribution in [2.45, 2.75) is 19.3 Å². The number of aromatic nitrogens is 2. The molecule has 0 unspecified atom stereocenters. The molecule has 0 spiro atoms. The average Bonchev–Trinajstić information content (AvgIpc) is 3.07. The Hall–Kier alpha value is -1.24. The van der Waals surface area contributed by atoms with Crippen molar-refractivity contribution in [1.82, 2.24) is 14.9 Å². The number of ether oxygens (including phenoxy) is 2. The molecule has 6 nitrogen and oxygen atoms in total. The van der Waals surface area contributed by atoms with E-state index >= 15 is 0 Å². The summed E-state index contributed by atoms with van der Waals surface area (Å²) in [7, 11) is 1.76. The minimum Gasteiger partial charge on any atom is -0.383 e. The molecule has 0 amide bonds. The predicted octanol–water partition coefficient (Wildman–Crippen LogP) is 1.06. The van der Waals surface area contributed by atoms with Crippen molar-refractivity contribution >= 4 is 5.82 Å². The molecule has 0 aromatic carbocycles. The third kappa shape index (κ3) is 3.74. The van der Waals surface area contributed by atoms with E-state index in [0.29, 0.717) is 5.92 Å². The molecule has 1 aromatic heterocycles. The van der Waals surface area contributed by atoms with E-state index in [2.05, 4.69) is 25.8 Å². The van der Waals surface area contributed by atoms with Gasteiger partial charge in [-0.15, -0.1) is 0 Å². The first kappa shape index (κ1) is 15.6. The van der Waals surface area contributed by atoms with Gasteiger partial charge in [-0.25, -0.2) is 9.97 Å². The lowest BCUT2D eigenvalue weighted by atomic mass is 10.0. The SMILES string of the molecule is COCCN1CCN(c2cc([C@H]3CCOC3)nc(C)n2)CC1. The van der Waals surface area contributed by atoms with Crippen LogP contribution in [0.5, 0.6) is 0 Å². The second-order valence-corrected chi connectivity index (χ2v) is 6.08. The van der Waals surface area contributed by atoms with Crippen LogP contribution in [0.2, 0.25) is 0 Å². The van der Waals surface area contributed by atoms with Gasteiger partial charge in [-0.05, 0) is 13.3 Å². The van der Waals surface area contributed by atoms with Crippen molar-refractivity contribution in [3.63, 3.8) is 0 Å². The molecular weight excluding hydrogens is 280 g/mol. The molecule has 122 valence electrons. The molecule has 0 bridgehead atoms. The highest BCUT2D eigenvalue weighted by atomic mass is 16.5. The van der Waals surface area contributed by atoms with E-state index in [1.165, 1.54) is 0 Å². The first-order valence-electron chi connectivity index (χ1n) is 8.16. The third-order valence-corrected chi connectivity index (χ3v) is 4.50. The van der Waals surface area contributed by atoms with Gasteiger partial charge in [-0.3, -0.25) is 4.90 Å². The van der Waals surface area contributed by atoms with Crippen LogP contribution in [0.1, 0.15) is 23.9 Å². The number of hydrogen-bond acceptors (Lipinski definition) is 6. The summed E-state index contributed by atoms with van der Waals surface area (Å²) in [4.78, 5) is 14.1. The van der Waals surface area contributed by atoms with Crippen molar-refractivity contribution in [3.05, 3.63) is 17.6 Å². The van der Waals surface area contributed by atoms with E-state index in [1.54, 1.807) is 7.11 Å². The average molecular weight is 306 g/mol. The predicted molar refractivity (Wildman–Crippen MR) is 85.5 cm³/mol. The van der Waals surface area contributed by atoms with Crippen LogP contribution in [0.3, 0.4) is 0 Å². The first-order chi connectivity index (χ1) is 10.8. The van der Waals surface area contributed by atoms with Gasteiger partial charge in [0.1, 0.15) is 11.6 Å². The highest BCUT2D eigenvalue weighted by molar-refractivity contribution is 5.41. The number of piperazine rings is 1. The summed E-state index contributed by atoms with van der Waals surface area (Å²) >= 11 is 0. The largest absolute Gasteiger partial charge is 0.383 e. The van der Waals surface area contributed by atoms with E-state index in [9.17, 15) is 0 Å². The van der Waals surface area contributed by atoms with Gasteiger partial charge in [0.25, 0.3) is 0 Å². The van der Waals surface area contributed by atoms with Crippen molar-refractivity contribution in [3.8, 4) is 0 Å². The molecule has 1 atom stereocenters. The Morgan fingerprint density at radius 1 is 1.27 bits per heavy atom. The molecule has 3 rings (SSSR count). The van der Waals surface area contributed by atoms with Crippen LogP contribution in [0.4, 0.5) is 5.82 Å². The second-order valence-electron chi connectivity index (χ2n) is 6.08. The summed E-state index contributed by atoms with van der Waals surface area (Å²) in [6, 6.07) is 2.16. The minimum atomic E-state index is 0.434. The highest BCUT2D eigenvalue weighted by Crippen LogP contribution is 2.26. The molecule has 3 heterocycles. The maximum Gasteiger partial charge on any atom is 0.132 e. The fourth-order valence-corrected chi connectivity index (χ4v) is 3.13. The summed E-state index contributed by atoms with van der Waals surface area (Å²) in [5.41, 5.74) is 1.14. The van der Waals surface area contributed by atoms with Crippen LogP contribution in [-0.2, 0) is 9.47 Å². The zero-order valence-corrected chi connectivity index (χ0v) is 13.6. The quantitative estimate of drug-likeness (QED) is 0.811. The van der Waals surface area contributed by atoms with Gasteiger partial charge in [0.15, 0.2) is 0 Å². The van der Waals surface area contributed by atoms with Crippen LogP contribution >= 0.6 is 0 Å². The molecule has 6 heteroatoms. The number of nitrogens with zero attached hydrogens (tertiary/aromatic N) is 4. The fraction of sp³-hybridized carbons (Fsp3) is 0.750. The first-order valence-corrected chi connectivity index (χ1v) is 8.16. The lowest BCUT2D eigenvalue weighted by Gasteiger charge is -2.35. The van der Waals surface area contributed by atoms with Crippen molar-refractivity contribution in [1.29, 1.82) is 0 Å². The Morgan fingerprint density at radius 2 is 2.09 bits per heavy atom. The van der Waals surface area contributed by atoms with E-state index in [-0.39, 0.29) is 0 Å². The van der Waals surface area contributed by atoms with Crippen molar-refractivity contribution in [2.24, 2.45) is 0 Å². The summed E-state index contributed by atoms with van der Waals surface area (Å²) in [5, 5.41) is 0. The summed E-state index contributed by atoms with van der Waals surface area (Å²) in [5.74, 6) is 2.37. The summed E-state index contributed by atoms with van der Waals surface area (Å²) < 4.78 is 10.7. The van der Waals surface area contributed by atoms with Gasteiger partial charge in [-0.1, -0.05) is 0 Å². The van der Waals surface area contributed by atoms with E-state index in [1.807, 2.05) is 6.92 Å². The van der Waals surface area contributed by atoms with Crippen LogP contribution in [0.15, 0.2) is 6.07 Å². The van der Waals surface area contributed by atoms with Gasteiger partial charge in [-0.2, -0.15) is 0 Å².